The smallest absolute Gasteiger partial charge is 0.282 e. The lowest BCUT2D eigenvalue weighted by Gasteiger charge is -2.01. The third-order valence-corrected chi connectivity index (χ3v) is 2.12. The van der Waals surface area contributed by atoms with Crippen molar-refractivity contribution in [3.05, 3.63) is 38.3 Å². The van der Waals surface area contributed by atoms with E-state index in [4.69, 9.17) is 0 Å². The van der Waals surface area contributed by atoms with Gasteiger partial charge in [-0.2, -0.15) is 0 Å². The first-order valence-corrected chi connectivity index (χ1v) is 4.51. The molecule has 1 amide bonds. The molecule has 1 N–H and O–H groups in total. The van der Waals surface area contributed by atoms with Crippen LogP contribution in [0.3, 0.4) is 0 Å². The van der Waals surface area contributed by atoms with E-state index in [-0.39, 0.29) is 11.3 Å². The second kappa shape index (κ2) is 4.19. The van der Waals surface area contributed by atoms with Crippen LogP contribution in [0.5, 0.6) is 0 Å². The Morgan fingerprint density at radius 1 is 1.57 bits per heavy atom. The molecule has 0 fully saturated rings. The zero-order valence-corrected chi connectivity index (χ0v) is 8.87. The van der Waals surface area contributed by atoms with Gasteiger partial charge in [0.1, 0.15) is 5.56 Å². The van der Waals surface area contributed by atoms with Crippen LogP contribution in [0.1, 0.15) is 10.4 Å². The van der Waals surface area contributed by atoms with Crippen molar-refractivity contribution in [3.63, 3.8) is 0 Å². The maximum absolute atomic E-state index is 11.3. The zero-order valence-electron chi connectivity index (χ0n) is 7.28. The van der Waals surface area contributed by atoms with Gasteiger partial charge in [0, 0.05) is 17.6 Å². The molecular formula is C8H7BrN2O3. The average Bonchev–Trinajstić information content (AvgIpc) is 2.16. The van der Waals surface area contributed by atoms with E-state index >= 15 is 0 Å². The van der Waals surface area contributed by atoms with Crippen LogP contribution in [-0.4, -0.2) is 17.9 Å². The molecule has 0 radical (unpaired) electrons. The molecule has 0 aliphatic heterocycles. The number of benzene rings is 1. The number of nitro groups is 1. The van der Waals surface area contributed by atoms with Crippen molar-refractivity contribution >= 4 is 27.5 Å². The Morgan fingerprint density at radius 2 is 2.21 bits per heavy atom. The Kier molecular flexibility index (Phi) is 3.19. The predicted molar refractivity (Wildman–Crippen MR) is 54.2 cm³/mol. The maximum Gasteiger partial charge on any atom is 0.282 e. The van der Waals surface area contributed by atoms with Gasteiger partial charge in [-0.1, -0.05) is 15.9 Å². The van der Waals surface area contributed by atoms with Gasteiger partial charge < -0.3 is 5.32 Å². The van der Waals surface area contributed by atoms with E-state index in [0.717, 1.165) is 0 Å². The van der Waals surface area contributed by atoms with Crippen LogP contribution in [0.15, 0.2) is 22.7 Å². The molecule has 0 bridgehead atoms. The number of halogens is 1. The van der Waals surface area contributed by atoms with Gasteiger partial charge in [0.2, 0.25) is 0 Å². The number of nitrogens with one attached hydrogen (secondary N) is 1. The van der Waals surface area contributed by atoms with Gasteiger partial charge in [0.15, 0.2) is 0 Å². The Balaban J connectivity index is 3.29. The molecule has 0 aromatic heterocycles. The Morgan fingerprint density at radius 3 is 2.71 bits per heavy atom. The summed E-state index contributed by atoms with van der Waals surface area (Å²) in [5, 5.41) is 12.9. The van der Waals surface area contributed by atoms with E-state index in [2.05, 4.69) is 21.2 Å². The summed E-state index contributed by atoms with van der Waals surface area (Å²) in [6, 6.07) is 4.22. The van der Waals surface area contributed by atoms with Crippen LogP contribution < -0.4 is 5.32 Å². The molecule has 6 heteroatoms. The minimum absolute atomic E-state index is 0.0480. The largest absolute Gasteiger partial charge is 0.355 e. The summed E-state index contributed by atoms with van der Waals surface area (Å²) in [5.74, 6) is -0.474. The number of hydrogen-bond acceptors (Lipinski definition) is 3. The summed E-state index contributed by atoms with van der Waals surface area (Å²) >= 11 is 3.14. The molecule has 14 heavy (non-hydrogen) atoms. The number of carbonyl (C=O) groups excluding carboxylic acids is 1. The number of carbonyl (C=O) groups is 1. The SMILES string of the molecule is CNC(=O)c1cc(Br)ccc1[N+](=O)[O-]. The van der Waals surface area contributed by atoms with Crippen molar-refractivity contribution in [1.82, 2.24) is 5.32 Å². The highest BCUT2D eigenvalue weighted by molar-refractivity contribution is 9.10. The average molecular weight is 259 g/mol. The minimum Gasteiger partial charge on any atom is -0.355 e. The van der Waals surface area contributed by atoms with Gasteiger partial charge in [-0.25, -0.2) is 0 Å². The summed E-state index contributed by atoms with van der Waals surface area (Å²) in [7, 11) is 1.42. The van der Waals surface area contributed by atoms with Crippen LogP contribution in [0.2, 0.25) is 0 Å². The summed E-state index contributed by atoms with van der Waals surface area (Å²) in [6.45, 7) is 0. The minimum atomic E-state index is -0.586. The van der Waals surface area contributed by atoms with Gasteiger partial charge in [-0.3, -0.25) is 14.9 Å². The monoisotopic (exact) mass is 258 g/mol. The van der Waals surface area contributed by atoms with E-state index < -0.39 is 10.8 Å². The standard InChI is InChI=1S/C8H7BrN2O3/c1-10-8(12)6-4-5(9)2-3-7(6)11(13)14/h2-4H,1H3,(H,10,12). The van der Waals surface area contributed by atoms with Gasteiger partial charge in [0.05, 0.1) is 4.92 Å². The Hall–Kier alpha value is -1.43. The highest BCUT2D eigenvalue weighted by atomic mass is 79.9. The van der Waals surface area contributed by atoms with Gasteiger partial charge in [-0.05, 0) is 12.1 Å². The quantitative estimate of drug-likeness (QED) is 0.649. The third-order valence-electron chi connectivity index (χ3n) is 1.63. The molecule has 5 nitrogen and oxygen atoms in total. The van der Waals surface area contributed by atoms with Crippen molar-refractivity contribution in [3.8, 4) is 0 Å². The van der Waals surface area contributed by atoms with Gasteiger partial charge >= 0.3 is 0 Å². The second-order valence-corrected chi connectivity index (χ2v) is 3.41. The normalized spacial score (nSPS) is 9.57. The highest BCUT2D eigenvalue weighted by Crippen LogP contribution is 2.22. The predicted octanol–water partition coefficient (Wildman–Crippen LogP) is 1.72. The maximum atomic E-state index is 11.3. The zero-order chi connectivity index (χ0) is 10.7. The number of hydrogen-bond donors (Lipinski definition) is 1. The molecular weight excluding hydrogens is 252 g/mol. The number of nitro benzene ring substituents is 1. The van der Waals surface area contributed by atoms with Crippen LogP contribution >= 0.6 is 15.9 Å². The lowest BCUT2D eigenvalue weighted by Crippen LogP contribution is -2.19. The van der Waals surface area contributed by atoms with E-state index in [1.54, 1.807) is 0 Å². The van der Waals surface area contributed by atoms with Crippen molar-refractivity contribution in [2.24, 2.45) is 0 Å². The van der Waals surface area contributed by atoms with Gasteiger partial charge in [-0.15, -0.1) is 0 Å². The number of nitrogens with zero attached hydrogens (tertiary/aromatic N) is 1. The van der Waals surface area contributed by atoms with Crippen LogP contribution in [0.4, 0.5) is 5.69 Å². The Labute approximate surface area is 88.4 Å². The molecule has 74 valence electrons. The first kappa shape index (κ1) is 10.6. The summed E-state index contributed by atoms with van der Waals surface area (Å²) in [4.78, 5) is 21.2. The molecule has 0 aliphatic carbocycles. The molecule has 0 heterocycles. The topological polar surface area (TPSA) is 72.2 Å². The number of rotatable bonds is 2. The molecule has 1 aromatic carbocycles. The van der Waals surface area contributed by atoms with Gasteiger partial charge in [0.25, 0.3) is 11.6 Å². The molecule has 0 saturated heterocycles. The molecule has 1 aromatic rings. The summed E-state index contributed by atoms with van der Waals surface area (Å²) in [5.41, 5.74) is -0.153. The molecule has 0 atom stereocenters. The van der Waals surface area contributed by atoms with E-state index in [1.807, 2.05) is 0 Å². The van der Waals surface area contributed by atoms with E-state index in [0.29, 0.717) is 4.47 Å². The van der Waals surface area contributed by atoms with E-state index in [9.17, 15) is 14.9 Å². The summed E-state index contributed by atoms with van der Waals surface area (Å²) < 4.78 is 0.627. The van der Waals surface area contributed by atoms with E-state index in [1.165, 1.54) is 25.2 Å². The molecule has 0 unspecified atom stereocenters. The lowest BCUT2D eigenvalue weighted by molar-refractivity contribution is -0.385. The van der Waals surface area contributed by atoms with Crippen LogP contribution in [-0.2, 0) is 0 Å². The first-order valence-electron chi connectivity index (χ1n) is 3.72. The fourth-order valence-electron chi connectivity index (χ4n) is 0.984. The summed E-state index contributed by atoms with van der Waals surface area (Å²) in [6.07, 6.45) is 0. The molecule has 0 spiro atoms. The van der Waals surface area contributed by atoms with Crippen LogP contribution in [0, 0.1) is 10.1 Å². The van der Waals surface area contributed by atoms with Crippen molar-refractivity contribution in [1.29, 1.82) is 0 Å². The van der Waals surface area contributed by atoms with Crippen molar-refractivity contribution in [2.75, 3.05) is 7.05 Å². The number of amides is 1. The third kappa shape index (κ3) is 2.08. The lowest BCUT2D eigenvalue weighted by atomic mass is 10.1. The van der Waals surface area contributed by atoms with Crippen molar-refractivity contribution in [2.45, 2.75) is 0 Å². The van der Waals surface area contributed by atoms with Crippen molar-refractivity contribution < 1.29 is 9.72 Å². The van der Waals surface area contributed by atoms with Crippen LogP contribution in [0.25, 0.3) is 0 Å². The molecule has 0 saturated carbocycles. The highest BCUT2D eigenvalue weighted by Gasteiger charge is 2.18. The molecule has 1 rings (SSSR count). The molecule has 0 aliphatic rings. The fraction of sp³-hybridized carbons (Fsp3) is 0.125. The fourth-order valence-corrected chi connectivity index (χ4v) is 1.35. The second-order valence-electron chi connectivity index (χ2n) is 2.50. The first-order chi connectivity index (χ1) is 6.56. The Bertz CT molecular complexity index is 392.